The predicted octanol–water partition coefficient (Wildman–Crippen LogP) is 5.19. The number of Topliss-reactive ketones (excluding diaryl/α,β-unsaturated/α-hetero) is 1. The van der Waals surface area contributed by atoms with Gasteiger partial charge in [0.05, 0.1) is 0 Å². The van der Waals surface area contributed by atoms with Gasteiger partial charge in [0.2, 0.25) is 0 Å². The second-order valence-corrected chi connectivity index (χ2v) is 8.93. The molecule has 1 aliphatic carbocycles. The summed E-state index contributed by atoms with van der Waals surface area (Å²) in [6.45, 7) is 3.09. The summed E-state index contributed by atoms with van der Waals surface area (Å²) < 4.78 is 0. The first kappa shape index (κ1) is 19.0. The molecule has 1 saturated carbocycles. The van der Waals surface area contributed by atoms with Gasteiger partial charge in [0.1, 0.15) is 5.54 Å². The van der Waals surface area contributed by atoms with E-state index in [-0.39, 0.29) is 5.54 Å². The fourth-order valence-electron chi connectivity index (χ4n) is 5.76. The second kappa shape index (κ2) is 8.77. The van der Waals surface area contributed by atoms with Gasteiger partial charge in [0.25, 0.3) is 0 Å². The topological polar surface area (TPSA) is 23.6 Å². The number of likely N-dealkylation sites (tertiary alicyclic amines) is 1. The van der Waals surface area contributed by atoms with E-state index in [1.807, 2.05) is 0 Å². The first-order chi connectivity index (χ1) is 13.3. The van der Waals surface area contributed by atoms with Gasteiger partial charge in [-0.05, 0) is 37.8 Å². The van der Waals surface area contributed by atoms with E-state index in [2.05, 4.69) is 40.1 Å². The van der Waals surface area contributed by atoms with E-state index in [1.54, 1.807) is 0 Å². The number of ketones is 1. The van der Waals surface area contributed by atoms with Crippen LogP contribution in [0.3, 0.4) is 0 Å². The molecule has 27 heavy (non-hydrogen) atoms. The SMILES string of the molecule is O=C1CCN(c2ccccc2)C12CCN(C1CCCCCCCCC1)CC2. The van der Waals surface area contributed by atoms with Crippen molar-refractivity contribution in [1.82, 2.24) is 4.90 Å². The Morgan fingerprint density at radius 3 is 2.00 bits per heavy atom. The van der Waals surface area contributed by atoms with E-state index in [4.69, 9.17) is 0 Å². The first-order valence-electron chi connectivity index (χ1n) is 11.4. The van der Waals surface area contributed by atoms with Gasteiger partial charge in [-0.1, -0.05) is 63.1 Å². The van der Waals surface area contributed by atoms with Crippen LogP contribution in [-0.4, -0.2) is 41.9 Å². The van der Waals surface area contributed by atoms with Crippen molar-refractivity contribution in [2.24, 2.45) is 0 Å². The normalized spacial score (nSPS) is 25.8. The highest BCUT2D eigenvalue weighted by molar-refractivity contribution is 5.95. The third kappa shape index (κ3) is 4.08. The van der Waals surface area contributed by atoms with Gasteiger partial charge >= 0.3 is 0 Å². The minimum absolute atomic E-state index is 0.228. The molecule has 148 valence electrons. The number of hydrogen-bond donors (Lipinski definition) is 0. The van der Waals surface area contributed by atoms with Crippen molar-refractivity contribution in [2.45, 2.75) is 88.6 Å². The lowest BCUT2D eigenvalue weighted by atomic mass is 9.82. The summed E-state index contributed by atoms with van der Waals surface area (Å²) in [6.07, 6.45) is 15.4. The average molecular weight is 369 g/mol. The Hall–Kier alpha value is -1.35. The van der Waals surface area contributed by atoms with Crippen LogP contribution in [0.2, 0.25) is 0 Å². The maximum absolute atomic E-state index is 12.9. The molecule has 3 aliphatic rings. The lowest BCUT2D eigenvalue weighted by Gasteiger charge is -2.47. The van der Waals surface area contributed by atoms with E-state index in [1.165, 1.54) is 63.5 Å². The molecule has 0 amide bonds. The molecule has 1 spiro atoms. The maximum atomic E-state index is 12.9. The zero-order chi connectivity index (χ0) is 18.5. The summed E-state index contributed by atoms with van der Waals surface area (Å²) >= 11 is 0. The van der Waals surface area contributed by atoms with E-state index in [0.29, 0.717) is 5.78 Å². The molecule has 0 aromatic heterocycles. The molecule has 2 heterocycles. The van der Waals surface area contributed by atoms with Gasteiger partial charge in [-0.25, -0.2) is 0 Å². The van der Waals surface area contributed by atoms with Crippen LogP contribution in [0.4, 0.5) is 5.69 Å². The quantitative estimate of drug-likeness (QED) is 0.717. The van der Waals surface area contributed by atoms with Crippen molar-refractivity contribution in [2.75, 3.05) is 24.5 Å². The number of hydrogen-bond acceptors (Lipinski definition) is 3. The number of carbonyl (C=O) groups is 1. The van der Waals surface area contributed by atoms with Crippen LogP contribution in [0.15, 0.2) is 30.3 Å². The van der Waals surface area contributed by atoms with Gasteiger partial charge in [0.15, 0.2) is 5.78 Å². The van der Waals surface area contributed by atoms with Gasteiger partial charge < -0.3 is 9.80 Å². The highest BCUT2D eigenvalue weighted by Crippen LogP contribution is 2.40. The summed E-state index contributed by atoms with van der Waals surface area (Å²) in [5, 5.41) is 0. The van der Waals surface area contributed by atoms with Crippen LogP contribution in [0, 0.1) is 0 Å². The summed E-state index contributed by atoms with van der Waals surface area (Å²) in [6, 6.07) is 11.4. The minimum atomic E-state index is -0.228. The molecule has 0 atom stereocenters. The fraction of sp³-hybridized carbons (Fsp3) is 0.708. The molecule has 0 N–H and O–H groups in total. The Balaban J connectivity index is 1.42. The standard InChI is InChI=1S/C24H36N2O/c27-23-15-18-26(22-13-9-6-10-14-22)24(23)16-19-25(20-17-24)21-11-7-4-2-1-3-5-8-12-21/h6,9-10,13-14,21H,1-5,7-8,11-12,15-20H2. The summed E-state index contributed by atoms with van der Waals surface area (Å²) in [5.41, 5.74) is 1.00. The predicted molar refractivity (Wildman–Crippen MR) is 112 cm³/mol. The van der Waals surface area contributed by atoms with Crippen molar-refractivity contribution in [3.63, 3.8) is 0 Å². The molecule has 1 aromatic carbocycles. The molecule has 3 fully saturated rings. The van der Waals surface area contributed by atoms with Crippen LogP contribution >= 0.6 is 0 Å². The zero-order valence-electron chi connectivity index (χ0n) is 16.9. The van der Waals surface area contributed by atoms with Gasteiger partial charge in [-0.2, -0.15) is 0 Å². The maximum Gasteiger partial charge on any atom is 0.160 e. The van der Waals surface area contributed by atoms with E-state index >= 15 is 0 Å². The number of anilines is 1. The van der Waals surface area contributed by atoms with Gasteiger partial charge in [-0.3, -0.25) is 4.79 Å². The molecule has 0 radical (unpaired) electrons. The van der Waals surface area contributed by atoms with Crippen LogP contribution in [0.1, 0.15) is 77.0 Å². The van der Waals surface area contributed by atoms with Crippen LogP contribution in [0.25, 0.3) is 0 Å². The summed E-state index contributed by atoms with van der Waals surface area (Å²) in [7, 11) is 0. The Kier molecular flexibility index (Phi) is 6.17. The monoisotopic (exact) mass is 368 g/mol. The molecular weight excluding hydrogens is 332 g/mol. The minimum Gasteiger partial charge on any atom is -0.358 e. The molecule has 0 unspecified atom stereocenters. The molecule has 0 bridgehead atoms. The lowest BCUT2D eigenvalue weighted by Crippen LogP contribution is -2.57. The summed E-state index contributed by atoms with van der Waals surface area (Å²) in [4.78, 5) is 18.1. The third-order valence-electron chi connectivity index (χ3n) is 7.38. The van der Waals surface area contributed by atoms with E-state index in [9.17, 15) is 4.79 Å². The van der Waals surface area contributed by atoms with Crippen molar-refractivity contribution >= 4 is 11.5 Å². The van der Waals surface area contributed by atoms with Crippen LogP contribution in [0.5, 0.6) is 0 Å². The number of para-hydroxylation sites is 1. The number of carbonyl (C=O) groups excluding carboxylic acids is 1. The largest absolute Gasteiger partial charge is 0.358 e. The summed E-state index contributed by atoms with van der Waals surface area (Å²) in [5.74, 6) is 0.483. The highest BCUT2D eigenvalue weighted by Gasteiger charge is 2.50. The Bertz CT molecular complexity index is 596. The van der Waals surface area contributed by atoms with Crippen LogP contribution in [-0.2, 0) is 4.79 Å². The number of rotatable bonds is 2. The van der Waals surface area contributed by atoms with E-state index in [0.717, 1.165) is 44.9 Å². The molecule has 2 aliphatic heterocycles. The molecule has 3 heteroatoms. The van der Waals surface area contributed by atoms with Crippen molar-refractivity contribution in [1.29, 1.82) is 0 Å². The highest BCUT2D eigenvalue weighted by atomic mass is 16.1. The Morgan fingerprint density at radius 2 is 1.37 bits per heavy atom. The van der Waals surface area contributed by atoms with Crippen molar-refractivity contribution in [3.8, 4) is 0 Å². The number of piperidine rings is 1. The van der Waals surface area contributed by atoms with Gasteiger partial charge in [-0.15, -0.1) is 0 Å². The van der Waals surface area contributed by atoms with E-state index < -0.39 is 0 Å². The number of benzene rings is 1. The van der Waals surface area contributed by atoms with Crippen molar-refractivity contribution in [3.05, 3.63) is 30.3 Å². The first-order valence-corrected chi connectivity index (χ1v) is 11.4. The fourth-order valence-corrected chi connectivity index (χ4v) is 5.76. The van der Waals surface area contributed by atoms with Crippen LogP contribution < -0.4 is 4.90 Å². The van der Waals surface area contributed by atoms with Crippen molar-refractivity contribution < 1.29 is 4.79 Å². The lowest BCUT2D eigenvalue weighted by molar-refractivity contribution is -0.123. The van der Waals surface area contributed by atoms with Gasteiger partial charge in [0, 0.05) is 37.8 Å². The average Bonchev–Trinajstić information content (AvgIpc) is 3.03. The second-order valence-electron chi connectivity index (χ2n) is 8.93. The molecule has 2 saturated heterocycles. The molecule has 4 rings (SSSR count). The third-order valence-corrected chi connectivity index (χ3v) is 7.38. The zero-order valence-corrected chi connectivity index (χ0v) is 16.9. The molecular formula is C24H36N2O. The smallest absolute Gasteiger partial charge is 0.160 e. The Morgan fingerprint density at radius 1 is 0.778 bits per heavy atom. The molecule has 1 aromatic rings. The Labute approximate surface area is 165 Å². The molecule has 3 nitrogen and oxygen atoms in total. The number of nitrogens with zero attached hydrogens (tertiary/aromatic N) is 2.